The Morgan fingerprint density at radius 3 is 2.58 bits per heavy atom. The van der Waals surface area contributed by atoms with Gasteiger partial charge in [0.2, 0.25) is 0 Å². The topological polar surface area (TPSA) is 20.3 Å². The highest BCUT2D eigenvalue weighted by Gasteiger charge is 2.32. The summed E-state index contributed by atoms with van der Waals surface area (Å²) >= 11 is 0. The van der Waals surface area contributed by atoms with Crippen LogP contribution in [0.1, 0.15) is 40.0 Å². The van der Waals surface area contributed by atoms with E-state index in [9.17, 15) is 4.79 Å². The number of Topliss-reactive ketones (excluding diaryl/α,β-unsaturated/α-hetero) is 1. The van der Waals surface area contributed by atoms with Gasteiger partial charge in [-0.1, -0.05) is 13.8 Å². The van der Waals surface area contributed by atoms with Gasteiger partial charge in [0.1, 0.15) is 5.78 Å². The predicted molar refractivity (Wildman–Crippen MR) is 50.2 cm³/mol. The molecule has 2 nitrogen and oxygen atoms in total. The van der Waals surface area contributed by atoms with Crippen molar-refractivity contribution in [2.45, 2.75) is 52.1 Å². The van der Waals surface area contributed by atoms with Crippen molar-refractivity contribution in [1.82, 2.24) is 4.90 Å². The molecular formula is C10H19NO. The van der Waals surface area contributed by atoms with Crippen LogP contribution in [0.25, 0.3) is 0 Å². The van der Waals surface area contributed by atoms with Crippen LogP contribution < -0.4 is 0 Å². The van der Waals surface area contributed by atoms with Crippen molar-refractivity contribution in [3.8, 4) is 0 Å². The molecule has 0 aromatic rings. The Labute approximate surface area is 74.9 Å². The van der Waals surface area contributed by atoms with Gasteiger partial charge < -0.3 is 0 Å². The molecule has 0 saturated carbocycles. The van der Waals surface area contributed by atoms with E-state index in [0.29, 0.717) is 18.2 Å². The van der Waals surface area contributed by atoms with Crippen LogP contribution in [-0.4, -0.2) is 29.3 Å². The maximum Gasteiger partial charge on any atom is 0.149 e. The minimum atomic E-state index is 0.231. The molecule has 1 heterocycles. The zero-order chi connectivity index (χ0) is 9.14. The number of hydrogen-bond acceptors (Lipinski definition) is 2. The second-order valence-corrected chi connectivity index (χ2v) is 3.59. The van der Waals surface area contributed by atoms with Crippen LogP contribution in [0.5, 0.6) is 0 Å². The van der Waals surface area contributed by atoms with Crippen LogP contribution in [-0.2, 0) is 4.79 Å². The second kappa shape index (κ2) is 4.04. The lowest BCUT2D eigenvalue weighted by Crippen LogP contribution is -2.39. The molecule has 0 spiro atoms. The number of carbonyl (C=O) groups excluding carboxylic acids is 1. The van der Waals surface area contributed by atoms with E-state index in [1.807, 2.05) is 6.92 Å². The lowest BCUT2D eigenvalue weighted by atomic mass is 10.1. The van der Waals surface area contributed by atoms with Gasteiger partial charge in [0.25, 0.3) is 0 Å². The molecule has 1 aliphatic heterocycles. The van der Waals surface area contributed by atoms with Gasteiger partial charge >= 0.3 is 0 Å². The van der Waals surface area contributed by atoms with Crippen LogP contribution in [0, 0.1) is 0 Å². The zero-order valence-corrected chi connectivity index (χ0v) is 8.34. The van der Waals surface area contributed by atoms with Crippen molar-refractivity contribution < 1.29 is 4.79 Å². The lowest BCUT2D eigenvalue weighted by molar-refractivity contribution is -0.123. The Morgan fingerprint density at radius 1 is 1.42 bits per heavy atom. The fourth-order valence-corrected chi connectivity index (χ4v) is 2.15. The molecule has 2 heteroatoms. The van der Waals surface area contributed by atoms with Crippen molar-refractivity contribution in [2.24, 2.45) is 0 Å². The molecule has 1 fully saturated rings. The number of rotatable bonds is 3. The molecule has 2 unspecified atom stereocenters. The van der Waals surface area contributed by atoms with Gasteiger partial charge in [0.15, 0.2) is 0 Å². The number of ketones is 1. The first-order valence-electron chi connectivity index (χ1n) is 4.99. The normalized spacial score (nSPS) is 30.9. The Bertz CT molecular complexity index is 167. The summed E-state index contributed by atoms with van der Waals surface area (Å²) in [5.41, 5.74) is 0. The molecule has 0 aliphatic carbocycles. The van der Waals surface area contributed by atoms with Gasteiger partial charge in [-0.25, -0.2) is 0 Å². The largest absolute Gasteiger partial charge is 0.298 e. The highest BCUT2D eigenvalue weighted by molar-refractivity contribution is 5.84. The third kappa shape index (κ3) is 1.69. The van der Waals surface area contributed by atoms with E-state index in [2.05, 4.69) is 18.7 Å². The zero-order valence-electron chi connectivity index (χ0n) is 8.34. The van der Waals surface area contributed by atoms with E-state index >= 15 is 0 Å². The quantitative estimate of drug-likeness (QED) is 0.642. The van der Waals surface area contributed by atoms with Crippen LogP contribution in [0.3, 0.4) is 0 Å². The van der Waals surface area contributed by atoms with E-state index in [1.54, 1.807) is 0 Å². The van der Waals surface area contributed by atoms with Gasteiger partial charge in [-0.3, -0.25) is 9.69 Å². The molecule has 0 radical (unpaired) electrons. The molecule has 0 bridgehead atoms. The molecule has 0 aromatic carbocycles. The Morgan fingerprint density at radius 2 is 2.08 bits per heavy atom. The SMILES string of the molecule is CCC(=O)C1CCC(C)N1CC. The summed E-state index contributed by atoms with van der Waals surface area (Å²) in [6.07, 6.45) is 2.94. The molecule has 12 heavy (non-hydrogen) atoms. The number of likely N-dealkylation sites (tertiary alicyclic amines) is 1. The highest BCUT2D eigenvalue weighted by Crippen LogP contribution is 2.24. The van der Waals surface area contributed by atoms with E-state index in [1.165, 1.54) is 6.42 Å². The van der Waals surface area contributed by atoms with Crippen molar-refractivity contribution in [3.05, 3.63) is 0 Å². The van der Waals surface area contributed by atoms with Crippen molar-refractivity contribution >= 4 is 5.78 Å². The average Bonchev–Trinajstić information content (AvgIpc) is 2.45. The van der Waals surface area contributed by atoms with Gasteiger partial charge in [0.05, 0.1) is 6.04 Å². The number of hydrogen-bond donors (Lipinski definition) is 0. The summed E-state index contributed by atoms with van der Waals surface area (Å²) in [6.45, 7) is 7.32. The number of carbonyl (C=O) groups is 1. The Hall–Kier alpha value is -0.370. The van der Waals surface area contributed by atoms with E-state index in [4.69, 9.17) is 0 Å². The summed E-state index contributed by atoms with van der Waals surface area (Å²) in [5, 5.41) is 0. The fourth-order valence-electron chi connectivity index (χ4n) is 2.15. The molecule has 0 amide bonds. The number of nitrogens with zero attached hydrogens (tertiary/aromatic N) is 1. The standard InChI is InChI=1S/C10H19NO/c1-4-10(12)9-7-6-8(3)11(9)5-2/h8-9H,4-7H2,1-3H3. The van der Waals surface area contributed by atoms with E-state index in [0.717, 1.165) is 13.0 Å². The molecule has 0 aromatic heterocycles. The van der Waals surface area contributed by atoms with Crippen molar-refractivity contribution in [2.75, 3.05) is 6.54 Å². The first kappa shape index (κ1) is 9.72. The van der Waals surface area contributed by atoms with E-state index < -0.39 is 0 Å². The first-order valence-corrected chi connectivity index (χ1v) is 4.99. The molecule has 1 aliphatic rings. The summed E-state index contributed by atoms with van der Waals surface area (Å²) in [5.74, 6) is 0.418. The lowest BCUT2D eigenvalue weighted by Gasteiger charge is -2.25. The monoisotopic (exact) mass is 169 g/mol. The highest BCUT2D eigenvalue weighted by atomic mass is 16.1. The van der Waals surface area contributed by atoms with Crippen LogP contribution in [0.15, 0.2) is 0 Å². The van der Waals surface area contributed by atoms with Crippen molar-refractivity contribution in [1.29, 1.82) is 0 Å². The smallest absolute Gasteiger partial charge is 0.149 e. The Kier molecular flexibility index (Phi) is 3.27. The summed E-state index contributed by atoms with van der Waals surface area (Å²) < 4.78 is 0. The van der Waals surface area contributed by atoms with Gasteiger partial charge in [-0.15, -0.1) is 0 Å². The minimum absolute atomic E-state index is 0.231. The molecule has 2 atom stereocenters. The van der Waals surface area contributed by atoms with Gasteiger partial charge in [0, 0.05) is 12.5 Å². The molecule has 0 N–H and O–H groups in total. The number of likely N-dealkylation sites (N-methyl/N-ethyl adjacent to an activating group) is 1. The van der Waals surface area contributed by atoms with Gasteiger partial charge in [-0.2, -0.15) is 0 Å². The summed E-state index contributed by atoms with van der Waals surface area (Å²) in [4.78, 5) is 13.8. The summed E-state index contributed by atoms with van der Waals surface area (Å²) in [7, 11) is 0. The maximum atomic E-state index is 11.5. The third-order valence-electron chi connectivity index (χ3n) is 2.91. The molecular weight excluding hydrogens is 150 g/mol. The van der Waals surface area contributed by atoms with Crippen LogP contribution >= 0.6 is 0 Å². The molecule has 1 rings (SSSR count). The van der Waals surface area contributed by atoms with Crippen molar-refractivity contribution in [3.63, 3.8) is 0 Å². The second-order valence-electron chi connectivity index (χ2n) is 3.59. The van der Waals surface area contributed by atoms with Gasteiger partial charge in [-0.05, 0) is 26.3 Å². The van der Waals surface area contributed by atoms with E-state index in [-0.39, 0.29) is 6.04 Å². The predicted octanol–water partition coefficient (Wildman–Crippen LogP) is 1.84. The first-order chi connectivity index (χ1) is 5.70. The van der Waals surface area contributed by atoms with Crippen LogP contribution in [0.4, 0.5) is 0 Å². The third-order valence-corrected chi connectivity index (χ3v) is 2.91. The minimum Gasteiger partial charge on any atom is -0.298 e. The molecule has 1 saturated heterocycles. The average molecular weight is 169 g/mol. The maximum absolute atomic E-state index is 11.5. The molecule has 70 valence electrons. The Balaban J connectivity index is 2.60. The van der Waals surface area contributed by atoms with Crippen LogP contribution in [0.2, 0.25) is 0 Å². The fraction of sp³-hybridized carbons (Fsp3) is 0.900. The summed E-state index contributed by atoms with van der Waals surface area (Å²) in [6, 6.07) is 0.838.